The highest BCUT2D eigenvalue weighted by Gasteiger charge is 2.20. The molecule has 3 aromatic rings. The Labute approximate surface area is 154 Å². The van der Waals surface area contributed by atoms with Gasteiger partial charge < -0.3 is 5.32 Å². The first kappa shape index (κ1) is 18.1. The molecule has 1 N–H and O–H groups in total. The summed E-state index contributed by atoms with van der Waals surface area (Å²) in [5.41, 5.74) is 2.83. The summed E-state index contributed by atoms with van der Waals surface area (Å²) < 4.78 is 15.2. The van der Waals surface area contributed by atoms with Gasteiger partial charge in [-0.1, -0.05) is 36.0 Å². The van der Waals surface area contributed by atoms with Crippen LogP contribution in [0.15, 0.2) is 47.6 Å². The quantitative estimate of drug-likeness (QED) is 0.695. The van der Waals surface area contributed by atoms with Crippen molar-refractivity contribution in [2.24, 2.45) is 0 Å². The van der Waals surface area contributed by atoms with E-state index in [2.05, 4.69) is 20.8 Å². The van der Waals surface area contributed by atoms with E-state index in [1.54, 1.807) is 30.7 Å². The van der Waals surface area contributed by atoms with Crippen molar-refractivity contribution in [1.29, 1.82) is 0 Å². The van der Waals surface area contributed by atoms with E-state index in [1.807, 2.05) is 31.2 Å². The molecule has 0 saturated heterocycles. The van der Waals surface area contributed by atoms with Crippen LogP contribution in [0.2, 0.25) is 0 Å². The van der Waals surface area contributed by atoms with E-state index in [0.29, 0.717) is 16.4 Å². The van der Waals surface area contributed by atoms with Gasteiger partial charge in [-0.3, -0.25) is 4.79 Å². The molecular formula is C18H18FN5OS. The van der Waals surface area contributed by atoms with Crippen LogP contribution in [0.4, 0.5) is 10.1 Å². The van der Waals surface area contributed by atoms with Crippen LogP contribution < -0.4 is 5.32 Å². The minimum absolute atomic E-state index is 0.252. The number of aromatic nitrogens is 4. The fourth-order valence-corrected chi connectivity index (χ4v) is 3.13. The lowest BCUT2D eigenvalue weighted by atomic mass is 10.2. The SMILES string of the molecule is Cc1ccc(NC(=O)[C@@H](C)Sc2nnnn2-c2ccccc2C)cc1F. The number of thioether (sulfide) groups is 1. The lowest BCUT2D eigenvalue weighted by Gasteiger charge is -2.12. The van der Waals surface area contributed by atoms with Gasteiger partial charge in [0.15, 0.2) is 0 Å². The average Bonchev–Trinajstić information content (AvgIpc) is 3.06. The van der Waals surface area contributed by atoms with Crippen molar-refractivity contribution in [2.75, 3.05) is 5.32 Å². The number of hydrogen-bond acceptors (Lipinski definition) is 5. The minimum Gasteiger partial charge on any atom is -0.325 e. The van der Waals surface area contributed by atoms with Crippen molar-refractivity contribution in [3.8, 4) is 5.69 Å². The average molecular weight is 371 g/mol. The molecule has 0 aliphatic carbocycles. The number of tetrazole rings is 1. The molecule has 1 aromatic heterocycles. The molecular weight excluding hydrogens is 353 g/mol. The van der Waals surface area contributed by atoms with Crippen LogP contribution in [0.1, 0.15) is 18.1 Å². The Hall–Kier alpha value is -2.74. The second-order valence-corrected chi connectivity index (χ2v) is 7.18. The lowest BCUT2D eigenvalue weighted by molar-refractivity contribution is -0.115. The predicted molar refractivity (Wildman–Crippen MR) is 99.0 cm³/mol. The van der Waals surface area contributed by atoms with Crippen LogP contribution in [0.3, 0.4) is 0 Å². The lowest BCUT2D eigenvalue weighted by Crippen LogP contribution is -2.23. The number of para-hydroxylation sites is 1. The number of halogens is 1. The van der Waals surface area contributed by atoms with Crippen LogP contribution in [0.5, 0.6) is 0 Å². The summed E-state index contributed by atoms with van der Waals surface area (Å²) in [6.45, 7) is 5.39. The molecule has 3 rings (SSSR count). The fraction of sp³-hybridized carbons (Fsp3) is 0.222. The molecule has 2 aromatic carbocycles. The van der Waals surface area contributed by atoms with E-state index in [0.717, 1.165) is 11.3 Å². The Morgan fingerprint density at radius 3 is 2.69 bits per heavy atom. The molecule has 0 aliphatic rings. The number of hydrogen-bond donors (Lipinski definition) is 1. The molecule has 1 amide bonds. The summed E-state index contributed by atoms with van der Waals surface area (Å²) in [7, 11) is 0. The first-order chi connectivity index (χ1) is 12.5. The smallest absolute Gasteiger partial charge is 0.237 e. The van der Waals surface area contributed by atoms with Crippen LogP contribution in [0, 0.1) is 19.7 Å². The van der Waals surface area contributed by atoms with Gasteiger partial charge in [0.2, 0.25) is 11.1 Å². The van der Waals surface area contributed by atoms with E-state index >= 15 is 0 Å². The highest BCUT2D eigenvalue weighted by atomic mass is 32.2. The second-order valence-electron chi connectivity index (χ2n) is 5.87. The number of nitrogens with zero attached hydrogens (tertiary/aromatic N) is 4. The van der Waals surface area contributed by atoms with E-state index in [4.69, 9.17) is 0 Å². The molecule has 0 bridgehead atoms. The maximum Gasteiger partial charge on any atom is 0.237 e. The number of aryl methyl sites for hydroxylation is 2. The van der Waals surface area contributed by atoms with Gasteiger partial charge in [-0.15, -0.1) is 5.10 Å². The van der Waals surface area contributed by atoms with Gasteiger partial charge in [0.1, 0.15) is 5.82 Å². The van der Waals surface area contributed by atoms with Gasteiger partial charge in [0, 0.05) is 5.69 Å². The third-order valence-corrected chi connectivity index (χ3v) is 4.91. The largest absolute Gasteiger partial charge is 0.325 e. The zero-order valence-electron chi connectivity index (χ0n) is 14.6. The van der Waals surface area contributed by atoms with Gasteiger partial charge in [-0.05, 0) is 60.5 Å². The number of amides is 1. The molecule has 0 unspecified atom stereocenters. The number of nitrogens with one attached hydrogen (secondary N) is 1. The topological polar surface area (TPSA) is 72.7 Å². The zero-order valence-corrected chi connectivity index (χ0v) is 15.4. The van der Waals surface area contributed by atoms with E-state index < -0.39 is 5.25 Å². The Kier molecular flexibility index (Phi) is 5.32. The van der Waals surface area contributed by atoms with Gasteiger partial charge >= 0.3 is 0 Å². The van der Waals surface area contributed by atoms with Crippen molar-refractivity contribution >= 4 is 23.4 Å². The number of benzene rings is 2. The Morgan fingerprint density at radius 1 is 1.19 bits per heavy atom. The molecule has 6 nitrogen and oxygen atoms in total. The van der Waals surface area contributed by atoms with Crippen molar-refractivity contribution in [2.45, 2.75) is 31.2 Å². The monoisotopic (exact) mass is 371 g/mol. The van der Waals surface area contributed by atoms with E-state index in [1.165, 1.54) is 17.8 Å². The fourth-order valence-electron chi connectivity index (χ4n) is 2.33. The second kappa shape index (κ2) is 7.65. The number of anilines is 1. The van der Waals surface area contributed by atoms with Crippen LogP contribution in [0.25, 0.3) is 5.69 Å². The van der Waals surface area contributed by atoms with Crippen molar-refractivity contribution in [3.05, 3.63) is 59.4 Å². The maximum absolute atomic E-state index is 13.6. The molecule has 1 heterocycles. The van der Waals surface area contributed by atoms with E-state index in [-0.39, 0.29) is 11.7 Å². The van der Waals surface area contributed by atoms with E-state index in [9.17, 15) is 9.18 Å². The van der Waals surface area contributed by atoms with Crippen LogP contribution in [-0.4, -0.2) is 31.4 Å². The molecule has 134 valence electrons. The van der Waals surface area contributed by atoms with Gasteiger partial charge in [0.05, 0.1) is 10.9 Å². The highest BCUT2D eigenvalue weighted by molar-refractivity contribution is 8.00. The third-order valence-electron chi connectivity index (χ3n) is 3.88. The minimum atomic E-state index is -0.465. The predicted octanol–water partition coefficient (Wildman–Crippen LogP) is 3.54. The first-order valence-electron chi connectivity index (χ1n) is 8.04. The molecule has 0 aliphatic heterocycles. The molecule has 1 atom stereocenters. The molecule has 8 heteroatoms. The summed E-state index contributed by atoms with van der Waals surface area (Å²) in [5.74, 6) is -0.607. The maximum atomic E-state index is 13.6. The molecule has 0 saturated carbocycles. The summed E-state index contributed by atoms with van der Waals surface area (Å²) >= 11 is 1.24. The standard InChI is InChI=1S/C18H18FN5OS/c1-11-8-9-14(10-15(11)19)20-17(25)13(3)26-18-21-22-23-24(18)16-7-5-4-6-12(16)2/h4-10,13H,1-3H3,(H,20,25)/t13-/m1/s1. The molecule has 0 fully saturated rings. The number of rotatable bonds is 5. The third kappa shape index (κ3) is 3.91. The van der Waals surface area contributed by atoms with Gasteiger partial charge in [-0.2, -0.15) is 4.68 Å². The van der Waals surface area contributed by atoms with Gasteiger partial charge in [0.25, 0.3) is 0 Å². The summed E-state index contributed by atoms with van der Waals surface area (Å²) in [5, 5.41) is 14.5. The van der Waals surface area contributed by atoms with Crippen molar-refractivity contribution < 1.29 is 9.18 Å². The summed E-state index contributed by atoms with van der Waals surface area (Å²) in [6, 6.07) is 12.3. The van der Waals surface area contributed by atoms with Crippen molar-refractivity contribution in [1.82, 2.24) is 20.2 Å². The van der Waals surface area contributed by atoms with Crippen LogP contribution in [-0.2, 0) is 4.79 Å². The molecule has 26 heavy (non-hydrogen) atoms. The van der Waals surface area contributed by atoms with Crippen molar-refractivity contribution in [3.63, 3.8) is 0 Å². The number of carbonyl (C=O) groups is 1. The van der Waals surface area contributed by atoms with Crippen LogP contribution >= 0.6 is 11.8 Å². The molecule has 0 radical (unpaired) electrons. The number of carbonyl (C=O) groups excluding carboxylic acids is 1. The Morgan fingerprint density at radius 2 is 1.96 bits per heavy atom. The summed E-state index contributed by atoms with van der Waals surface area (Å²) in [4.78, 5) is 12.4. The first-order valence-corrected chi connectivity index (χ1v) is 8.91. The van der Waals surface area contributed by atoms with Gasteiger partial charge in [-0.25, -0.2) is 4.39 Å². The molecule has 0 spiro atoms. The normalized spacial score (nSPS) is 12.0. The Balaban J connectivity index is 1.73. The Bertz CT molecular complexity index is 943. The highest BCUT2D eigenvalue weighted by Crippen LogP contribution is 2.25. The zero-order chi connectivity index (χ0) is 18.7. The summed E-state index contributed by atoms with van der Waals surface area (Å²) in [6.07, 6.45) is 0.